The summed E-state index contributed by atoms with van der Waals surface area (Å²) in [5, 5.41) is 14.2. The minimum Gasteiger partial charge on any atom is -0.379 e. The number of hydrogen-bond donors (Lipinski definition) is 1. The number of aliphatic hydroxyl groups is 1. The van der Waals surface area contributed by atoms with Crippen LogP contribution in [0.15, 0.2) is 4.52 Å². The molecule has 1 N–H and O–H groups in total. The number of aryl methyl sites for hydroxylation is 1. The van der Waals surface area contributed by atoms with Gasteiger partial charge in [0, 0.05) is 19.5 Å². The summed E-state index contributed by atoms with van der Waals surface area (Å²) in [6.45, 7) is 4.42. The molecule has 0 bridgehead atoms. The van der Waals surface area contributed by atoms with Crippen molar-refractivity contribution in [1.29, 1.82) is 0 Å². The Morgan fingerprint density at radius 2 is 2.05 bits per heavy atom. The third-order valence-electron chi connectivity index (χ3n) is 4.40. The van der Waals surface area contributed by atoms with Crippen LogP contribution in [0.2, 0.25) is 0 Å². The van der Waals surface area contributed by atoms with Crippen LogP contribution in [-0.2, 0) is 15.6 Å². The highest BCUT2D eigenvalue weighted by Crippen LogP contribution is 2.32. The van der Waals surface area contributed by atoms with E-state index in [4.69, 9.17) is 4.52 Å². The van der Waals surface area contributed by atoms with Gasteiger partial charge in [0.1, 0.15) is 0 Å². The monoisotopic (exact) mass is 330 g/mol. The molecule has 0 radical (unpaired) electrons. The Kier molecular flexibility index (Phi) is 4.23. The molecule has 0 saturated carbocycles. The van der Waals surface area contributed by atoms with E-state index in [1.807, 2.05) is 0 Å². The lowest BCUT2D eigenvalue weighted by molar-refractivity contribution is 0.0194. The maximum absolute atomic E-state index is 12.4. The summed E-state index contributed by atoms with van der Waals surface area (Å²) >= 11 is 0. The normalized spacial score (nSPS) is 27.7. The molecule has 2 fully saturated rings. The average Bonchev–Trinajstić information content (AvgIpc) is 3.17. The number of nitrogens with zero attached hydrogens (tertiary/aromatic N) is 4. The highest BCUT2D eigenvalue weighted by molar-refractivity contribution is 7.89. The number of rotatable bonds is 5. The molecule has 0 aliphatic carbocycles. The molecule has 1 aromatic heterocycles. The van der Waals surface area contributed by atoms with Gasteiger partial charge in [-0.15, -0.1) is 0 Å². The van der Waals surface area contributed by atoms with E-state index in [9.17, 15) is 13.5 Å². The molecule has 3 rings (SSSR count). The van der Waals surface area contributed by atoms with E-state index < -0.39 is 15.6 Å². The lowest BCUT2D eigenvalue weighted by atomic mass is 10.0. The molecule has 3 heterocycles. The highest BCUT2D eigenvalue weighted by Gasteiger charge is 2.46. The maximum Gasteiger partial charge on any atom is 0.260 e. The molecular formula is C13H22N4O4S. The van der Waals surface area contributed by atoms with Crippen LogP contribution >= 0.6 is 0 Å². The zero-order valence-electron chi connectivity index (χ0n) is 12.7. The van der Waals surface area contributed by atoms with Crippen molar-refractivity contribution in [3.8, 4) is 0 Å². The quantitative estimate of drug-likeness (QED) is 0.791. The first-order valence-corrected chi connectivity index (χ1v) is 9.23. The first-order valence-electron chi connectivity index (χ1n) is 7.62. The second-order valence-electron chi connectivity index (χ2n) is 6.13. The molecule has 1 aromatic rings. The third kappa shape index (κ3) is 3.17. The van der Waals surface area contributed by atoms with E-state index in [-0.39, 0.29) is 31.2 Å². The molecular weight excluding hydrogens is 308 g/mol. The van der Waals surface area contributed by atoms with Crippen LogP contribution < -0.4 is 0 Å². The molecule has 2 saturated heterocycles. The van der Waals surface area contributed by atoms with E-state index in [1.165, 1.54) is 4.31 Å². The van der Waals surface area contributed by atoms with Crippen molar-refractivity contribution < 1.29 is 18.0 Å². The van der Waals surface area contributed by atoms with Crippen molar-refractivity contribution in [3.63, 3.8) is 0 Å². The van der Waals surface area contributed by atoms with Crippen LogP contribution in [0, 0.1) is 6.92 Å². The second-order valence-corrected chi connectivity index (χ2v) is 8.22. The van der Waals surface area contributed by atoms with Crippen LogP contribution in [0.5, 0.6) is 0 Å². The number of aromatic nitrogens is 2. The lowest BCUT2D eigenvalue weighted by Gasteiger charge is -2.21. The third-order valence-corrected chi connectivity index (χ3v) is 6.19. The summed E-state index contributed by atoms with van der Waals surface area (Å²) in [5.74, 6) is 0.618. The first-order chi connectivity index (χ1) is 10.4. The van der Waals surface area contributed by atoms with Crippen molar-refractivity contribution in [2.24, 2.45) is 0 Å². The fourth-order valence-corrected chi connectivity index (χ4v) is 4.56. The van der Waals surface area contributed by atoms with Crippen LogP contribution in [0.1, 0.15) is 31.0 Å². The second kappa shape index (κ2) is 5.88. The van der Waals surface area contributed by atoms with Crippen molar-refractivity contribution in [1.82, 2.24) is 19.3 Å². The molecule has 2 aliphatic heterocycles. The maximum atomic E-state index is 12.4. The van der Waals surface area contributed by atoms with Gasteiger partial charge in [0.25, 0.3) is 5.89 Å². The van der Waals surface area contributed by atoms with Crippen molar-refractivity contribution in [3.05, 3.63) is 11.7 Å². The Morgan fingerprint density at radius 1 is 1.32 bits per heavy atom. The fourth-order valence-electron chi connectivity index (χ4n) is 3.04. The van der Waals surface area contributed by atoms with Crippen LogP contribution in [0.25, 0.3) is 0 Å². The fraction of sp³-hybridized carbons (Fsp3) is 0.846. The van der Waals surface area contributed by atoms with Gasteiger partial charge in [-0.2, -0.15) is 9.29 Å². The van der Waals surface area contributed by atoms with Crippen LogP contribution in [0.3, 0.4) is 0 Å². The largest absolute Gasteiger partial charge is 0.379 e. The number of hydrogen-bond acceptors (Lipinski definition) is 7. The van der Waals surface area contributed by atoms with Gasteiger partial charge in [-0.3, -0.25) is 0 Å². The van der Waals surface area contributed by atoms with Crippen molar-refractivity contribution >= 4 is 10.0 Å². The standard InChI is InChI=1S/C13H22N4O4S/c1-11-14-12(21-15-11)13(18)4-7-17(10-13)22(19,20)9-8-16-5-2-3-6-16/h18H,2-10H2,1H3. The molecule has 124 valence electrons. The SMILES string of the molecule is Cc1noc(C2(O)CCN(S(=O)(=O)CCN3CCCC3)C2)n1. The molecule has 9 heteroatoms. The van der Waals surface area contributed by atoms with Gasteiger partial charge in [0.05, 0.1) is 12.3 Å². The number of likely N-dealkylation sites (tertiary alicyclic amines) is 1. The smallest absolute Gasteiger partial charge is 0.260 e. The zero-order valence-corrected chi connectivity index (χ0v) is 13.5. The van der Waals surface area contributed by atoms with E-state index in [1.54, 1.807) is 6.92 Å². The zero-order chi connectivity index (χ0) is 15.8. The summed E-state index contributed by atoms with van der Waals surface area (Å²) in [6.07, 6.45) is 2.55. The minimum atomic E-state index is -3.38. The van der Waals surface area contributed by atoms with E-state index in [2.05, 4.69) is 15.0 Å². The van der Waals surface area contributed by atoms with Crippen molar-refractivity contribution in [2.45, 2.75) is 31.8 Å². The summed E-state index contributed by atoms with van der Waals surface area (Å²) in [6, 6.07) is 0. The van der Waals surface area contributed by atoms with Crippen molar-refractivity contribution in [2.75, 3.05) is 38.5 Å². The summed E-state index contributed by atoms with van der Waals surface area (Å²) in [5.41, 5.74) is -1.37. The minimum absolute atomic E-state index is 0.0169. The molecule has 1 atom stereocenters. The first kappa shape index (κ1) is 15.9. The molecule has 0 spiro atoms. The Balaban J connectivity index is 1.63. The summed E-state index contributed by atoms with van der Waals surface area (Å²) in [7, 11) is -3.38. The van der Waals surface area contributed by atoms with E-state index in [0.29, 0.717) is 12.4 Å². The Hall–Kier alpha value is -1.03. The predicted molar refractivity (Wildman–Crippen MR) is 78.6 cm³/mol. The van der Waals surface area contributed by atoms with Crippen LogP contribution in [-0.4, -0.2) is 71.3 Å². The molecule has 0 amide bonds. The molecule has 22 heavy (non-hydrogen) atoms. The Bertz CT molecular complexity index is 626. The van der Waals surface area contributed by atoms with Gasteiger partial charge in [-0.1, -0.05) is 5.16 Å². The highest BCUT2D eigenvalue weighted by atomic mass is 32.2. The van der Waals surface area contributed by atoms with E-state index >= 15 is 0 Å². The summed E-state index contributed by atoms with van der Waals surface area (Å²) < 4.78 is 31.2. The topological polar surface area (TPSA) is 99.8 Å². The number of sulfonamides is 1. The Labute approximate surface area is 130 Å². The Morgan fingerprint density at radius 3 is 2.68 bits per heavy atom. The van der Waals surface area contributed by atoms with Gasteiger partial charge in [0.2, 0.25) is 10.0 Å². The average molecular weight is 330 g/mol. The molecule has 1 unspecified atom stereocenters. The molecule has 0 aromatic carbocycles. The molecule has 2 aliphatic rings. The van der Waals surface area contributed by atoms with Crippen LogP contribution in [0.4, 0.5) is 0 Å². The van der Waals surface area contributed by atoms with Gasteiger partial charge >= 0.3 is 0 Å². The van der Waals surface area contributed by atoms with E-state index in [0.717, 1.165) is 25.9 Å². The predicted octanol–water partition coefficient (Wildman–Crippen LogP) is -0.303. The molecule has 8 nitrogen and oxygen atoms in total. The van der Waals surface area contributed by atoms with Gasteiger partial charge in [-0.05, 0) is 32.9 Å². The van der Waals surface area contributed by atoms with Gasteiger partial charge in [0.15, 0.2) is 11.4 Å². The number of β-amino-alcohol motifs (C(OH)–C–C–N with tert-alkyl or cyclic N) is 1. The van der Waals surface area contributed by atoms with Gasteiger partial charge in [-0.25, -0.2) is 8.42 Å². The lowest BCUT2D eigenvalue weighted by Crippen LogP contribution is -2.38. The summed E-state index contributed by atoms with van der Waals surface area (Å²) in [4.78, 5) is 6.20. The van der Waals surface area contributed by atoms with Gasteiger partial charge < -0.3 is 14.5 Å².